The summed E-state index contributed by atoms with van der Waals surface area (Å²) in [5.41, 5.74) is 1.12. The van der Waals surface area contributed by atoms with Crippen LogP contribution in [-0.2, 0) is 35.0 Å². The number of hydrogen-bond acceptors (Lipinski definition) is 5. The highest BCUT2D eigenvalue weighted by Gasteiger charge is 2.39. The van der Waals surface area contributed by atoms with Crippen molar-refractivity contribution in [1.29, 1.82) is 0 Å². The molecular formula is C24H27ClF3N3O4. The van der Waals surface area contributed by atoms with Crippen LogP contribution in [-0.4, -0.2) is 48.0 Å². The van der Waals surface area contributed by atoms with Crippen LogP contribution in [0.25, 0.3) is 0 Å². The van der Waals surface area contributed by atoms with Gasteiger partial charge in [0, 0.05) is 32.7 Å². The molecule has 0 bridgehead atoms. The van der Waals surface area contributed by atoms with Crippen LogP contribution < -0.4 is 5.32 Å². The van der Waals surface area contributed by atoms with Crippen molar-refractivity contribution in [1.82, 2.24) is 15.1 Å². The Labute approximate surface area is 205 Å². The van der Waals surface area contributed by atoms with E-state index >= 15 is 0 Å². The zero-order valence-corrected chi connectivity index (χ0v) is 20.1. The average Bonchev–Trinajstić information content (AvgIpc) is 3.09. The highest BCUT2D eigenvalue weighted by atomic mass is 35.5. The fraction of sp³-hybridized carbons (Fsp3) is 0.542. The van der Waals surface area contributed by atoms with Gasteiger partial charge in [0.2, 0.25) is 0 Å². The number of rotatable bonds is 6. The van der Waals surface area contributed by atoms with Crippen molar-refractivity contribution < 1.29 is 32.2 Å². The second-order valence-electron chi connectivity index (χ2n) is 9.00. The minimum absolute atomic E-state index is 0.0404. The van der Waals surface area contributed by atoms with Gasteiger partial charge in [-0.1, -0.05) is 18.5 Å². The summed E-state index contributed by atoms with van der Waals surface area (Å²) in [7, 11) is 0. The Balaban J connectivity index is 1.42. The smallest absolute Gasteiger partial charge is 0.417 e. The van der Waals surface area contributed by atoms with E-state index in [9.17, 15) is 22.8 Å². The molecule has 2 aliphatic rings. The lowest BCUT2D eigenvalue weighted by atomic mass is 9.76. The molecule has 0 radical (unpaired) electrons. The van der Waals surface area contributed by atoms with Gasteiger partial charge < -0.3 is 14.8 Å². The van der Waals surface area contributed by atoms with E-state index in [1.54, 1.807) is 0 Å². The van der Waals surface area contributed by atoms with Crippen molar-refractivity contribution in [2.45, 2.75) is 51.7 Å². The minimum Gasteiger partial charge on any atom is -0.462 e. The quantitative estimate of drug-likeness (QED) is 0.456. The molecule has 2 aromatic rings. The summed E-state index contributed by atoms with van der Waals surface area (Å²) in [4.78, 5) is 25.2. The fourth-order valence-electron chi connectivity index (χ4n) is 4.69. The van der Waals surface area contributed by atoms with Crippen LogP contribution in [0.1, 0.15) is 63.9 Å². The van der Waals surface area contributed by atoms with Crippen LogP contribution in [0.3, 0.4) is 0 Å². The van der Waals surface area contributed by atoms with E-state index in [1.807, 2.05) is 11.6 Å². The van der Waals surface area contributed by atoms with Gasteiger partial charge >= 0.3 is 12.1 Å². The Hall–Kier alpha value is -2.59. The predicted molar refractivity (Wildman–Crippen MR) is 121 cm³/mol. The Bertz CT molecular complexity index is 1110. The number of ether oxygens (including phenoxy) is 2. The van der Waals surface area contributed by atoms with Gasteiger partial charge in [-0.05, 0) is 49.3 Å². The Morgan fingerprint density at radius 2 is 2.06 bits per heavy atom. The summed E-state index contributed by atoms with van der Waals surface area (Å²) in [6.45, 7) is 4.34. The van der Waals surface area contributed by atoms with Crippen LogP contribution in [0.5, 0.6) is 0 Å². The van der Waals surface area contributed by atoms with Crippen molar-refractivity contribution in [3.05, 3.63) is 51.3 Å². The van der Waals surface area contributed by atoms with Gasteiger partial charge in [-0.25, -0.2) is 4.79 Å². The van der Waals surface area contributed by atoms with Crippen LogP contribution >= 0.6 is 11.6 Å². The molecule has 0 aliphatic carbocycles. The fourth-order valence-corrected chi connectivity index (χ4v) is 4.98. The normalized spacial score (nSPS) is 17.6. The number of hydrogen-bond donors (Lipinski definition) is 1. The number of carbonyl (C=O) groups is 2. The van der Waals surface area contributed by atoms with Gasteiger partial charge in [0.1, 0.15) is 0 Å². The lowest BCUT2D eigenvalue weighted by Crippen LogP contribution is -2.40. The summed E-state index contributed by atoms with van der Waals surface area (Å²) in [6, 6.07) is 2.77. The highest BCUT2D eigenvalue weighted by Crippen LogP contribution is 2.37. The van der Waals surface area contributed by atoms with E-state index in [-0.39, 0.29) is 23.5 Å². The van der Waals surface area contributed by atoms with Crippen molar-refractivity contribution >= 4 is 23.5 Å². The number of fused-ring (bicyclic) bond motifs is 1. The summed E-state index contributed by atoms with van der Waals surface area (Å²) >= 11 is 5.69. The van der Waals surface area contributed by atoms with Crippen LogP contribution in [0.15, 0.2) is 18.2 Å². The van der Waals surface area contributed by atoms with Crippen LogP contribution in [0.4, 0.5) is 13.2 Å². The molecule has 11 heteroatoms. The number of esters is 1. The topological polar surface area (TPSA) is 82.5 Å². The summed E-state index contributed by atoms with van der Waals surface area (Å²) in [6.07, 6.45) is -1.14. The second-order valence-corrected chi connectivity index (χ2v) is 9.41. The van der Waals surface area contributed by atoms with Crippen molar-refractivity contribution in [2.24, 2.45) is 5.41 Å². The van der Waals surface area contributed by atoms with Crippen molar-refractivity contribution in [3.63, 3.8) is 0 Å². The molecule has 1 spiro atoms. The molecular weight excluding hydrogens is 487 g/mol. The van der Waals surface area contributed by atoms with Gasteiger partial charge in [0.05, 0.1) is 39.7 Å². The number of aryl methyl sites for hydroxylation is 2. The molecule has 35 heavy (non-hydrogen) atoms. The lowest BCUT2D eigenvalue weighted by molar-refractivity contribution is -0.137. The Morgan fingerprint density at radius 1 is 1.31 bits per heavy atom. The van der Waals surface area contributed by atoms with Gasteiger partial charge in [-0.3, -0.25) is 9.48 Å². The first-order valence-corrected chi connectivity index (χ1v) is 12.0. The summed E-state index contributed by atoms with van der Waals surface area (Å²) in [5, 5.41) is 7.17. The molecule has 1 aromatic carbocycles. The molecule has 1 aromatic heterocycles. The summed E-state index contributed by atoms with van der Waals surface area (Å²) < 4.78 is 51.2. The third-order valence-electron chi connectivity index (χ3n) is 6.67. The number of amides is 1. The van der Waals surface area contributed by atoms with E-state index in [1.165, 1.54) is 0 Å². The third-order valence-corrected chi connectivity index (χ3v) is 6.98. The first-order chi connectivity index (χ1) is 16.6. The second kappa shape index (κ2) is 10.2. The number of nitrogens with one attached hydrogen (secondary N) is 1. The molecule has 3 heterocycles. The van der Waals surface area contributed by atoms with Crippen LogP contribution in [0, 0.1) is 5.41 Å². The summed E-state index contributed by atoms with van der Waals surface area (Å²) in [5.74, 6) is -0.869. The molecule has 190 valence electrons. The van der Waals surface area contributed by atoms with Crippen molar-refractivity contribution in [3.8, 4) is 0 Å². The molecule has 7 nitrogen and oxygen atoms in total. The molecule has 1 saturated heterocycles. The number of carbonyl (C=O) groups excluding carboxylic acids is 2. The molecule has 0 unspecified atom stereocenters. The predicted octanol–water partition coefficient (Wildman–Crippen LogP) is 4.45. The van der Waals surface area contributed by atoms with E-state index in [2.05, 4.69) is 10.4 Å². The zero-order chi connectivity index (χ0) is 25.2. The maximum Gasteiger partial charge on any atom is 0.417 e. The maximum absolute atomic E-state index is 12.9. The Morgan fingerprint density at radius 3 is 2.71 bits per heavy atom. The van der Waals surface area contributed by atoms with Crippen molar-refractivity contribution in [2.75, 3.05) is 26.4 Å². The highest BCUT2D eigenvalue weighted by molar-refractivity contribution is 6.31. The first-order valence-electron chi connectivity index (χ1n) is 11.6. The van der Waals surface area contributed by atoms with E-state index in [0.717, 1.165) is 42.4 Å². The average molecular weight is 514 g/mol. The van der Waals surface area contributed by atoms with E-state index in [0.29, 0.717) is 51.1 Å². The minimum atomic E-state index is -4.60. The number of nitrogens with zero attached hydrogens (tertiary/aromatic N) is 2. The molecule has 0 saturated carbocycles. The SMILES string of the molecule is CCc1nn(CCCOC(=O)c2ccc(C(F)(F)F)c(Cl)c2)c2c1C(=O)NCC1(CCOCC1)C2. The van der Waals surface area contributed by atoms with Gasteiger partial charge in [0.25, 0.3) is 5.91 Å². The Kier molecular flexibility index (Phi) is 7.42. The molecule has 1 fully saturated rings. The van der Waals surface area contributed by atoms with Crippen LogP contribution in [0.2, 0.25) is 5.02 Å². The molecule has 1 N–H and O–H groups in total. The van der Waals surface area contributed by atoms with Gasteiger partial charge in [-0.2, -0.15) is 18.3 Å². The molecule has 4 rings (SSSR count). The lowest BCUT2D eigenvalue weighted by Gasteiger charge is -2.36. The monoisotopic (exact) mass is 513 g/mol. The number of aromatic nitrogens is 2. The number of halogens is 4. The zero-order valence-electron chi connectivity index (χ0n) is 19.3. The van der Waals surface area contributed by atoms with E-state index in [4.69, 9.17) is 21.1 Å². The number of benzene rings is 1. The van der Waals surface area contributed by atoms with Gasteiger partial charge in [-0.15, -0.1) is 0 Å². The number of alkyl halides is 3. The molecule has 1 amide bonds. The van der Waals surface area contributed by atoms with E-state index < -0.39 is 22.7 Å². The first kappa shape index (κ1) is 25.5. The molecule has 2 aliphatic heterocycles. The largest absolute Gasteiger partial charge is 0.462 e. The van der Waals surface area contributed by atoms with Gasteiger partial charge in [0.15, 0.2) is 0 Å². The maximum atomic E-state index is 12.9. The molecule has 0 atom stereocenters. The third kappa shape index (κ3) is 5.48. The standard InChI is InChI=1S/C24H27ClF3N3O4/c1-2-18-20-19(13-23(14-29-21(20)32)6-10-34-11-7-23)31(30-18)8-3-9-35-22(33)15-4-5-16(17(25)12-15)24(26,27)28/h4-5,12H,2-3,6-11,13-14H2,1H3,(H,29,32).